The van der Waals surface area contributed by atoms with Crippen LogP contribution in [0.25, 0.3) is 0 Å². The third-order valence-electron chi connectivity index (χ3n) is 5.31. The molecule has 5 heteroatoms. The number of carbonyl (C=O) groups is 1. The highest BCUT2D eigenvalue weighted by molar-refractivity contribution is 5.79. The molecule has 1 heterocycles. The van der Waals surface area contributed by atoms with Crippen LogP contribution in [0.3, 0.4) is 0 Å². The molecule has 1 fully saturated rings. The van der Waals surface area contributed by atoms with Crippen LogP contribution < -0.4 is 19.5 Å². The molecule has 1 aromatic carbocycles. The zero-order valence-electron chi connectivity index (χ0n) is 14.4. The van der Waals surface area contributed by atoms with E-state index in [0.29, 0.717) is 0 Å². The lowest BCUT2D eigenvalue weighted by molar-refractivity contribution is -0.126. The molecule has 5 nitrogen and oxygen atoms in total. The van der Waals surface area contributed by atoms with Gasteiger partial charge in [-0.15, -0.1) is 0 Å². The summed E-state index contributed by atoms with van der Waals surface area (Å²) < 4.78 is 16.8. The van der Waals surface area contributed by atoms with E-state index < -0.39 is 0 Å². The normalized spacial score (nSPS) is 27.8. The summed E-state index contributed by atoms with van der Waals surface area (Å²) in [4.78, 5) is 12.3. The molecule has 0 saturated heterocycles. The Bertz CT molecular complexity index is 649. The van der Waals surface area contributed by atoms with Crippen LogP contribution in [0.4, 0.5) is 0 Å². The molecular weight excluding hydrogens is 318 g/mol. The number of hydrogen-bond acceptors (Lipinski definition) is 4. The Kier molecular flexibility index (Phi) is 4.81. The van der Waals surface area contributed by atoms with E-state index >= 15 is 0 Å². The smallest absolute Gasteiger partial charge is 0.231 e. The van der Waals surface area contributed by atoms with Crippen molar-refractivity contribution in [3.8, 4) is 17.2 Å². The molecule has 1 unspecified atom stereocenters. The summed E-state index contributed by atoms with van der Waals surface area (Å²) >= 11 is 0. The first-order valence-electron chi connectivity index (χ1n) is 9.29. The maximum absolute atomic E-state index is 12.3. The predicted octanol–water partition coefficient (Wildman–Crippen LogP) is 3.58. The molecule has 0 aromatic heterocycles. The van der Waals surface area contributed by atoms with Crippen LogP contribution in [0.15, 0.2) is 30.4 Å². The molecule has 134 valence electrons. The molecule has 0 bridgehead atoms. The summed E-state index contributed by atoms with van der Waals surface area (Å²) in [7, 11) is 0. The van der Waals surface area contributed by atoms with Gasteiger partial charge in [-0.25, -0.2) is 0 Å². The number of rotatable bonds is 4. The van der Waals surface area contributed by atoms with Crippen LogP contribution in [0.1, 0.15) is 44.9 Å². The van der Waals surface area contributed by atoms with Gasteiger partial charge in [0.2, 0.25) is 12.7 Å². The van der Waals surface area contributed by atoms with Crippen molar-refractivity contribution < 1.29 is 19.0 Å². The van der Waals surface area contributed by atoms with Gasteiger partial charge in [-0.3, -0.25) is 4.79 Å². The lowest BCUT2D eigenvalue weighted by atomic mass is 9.90. The van der Waals surface area contributed by atoms with Crippen LogP contribution >= 0.6 is 0 Å². The minimum atomic E-state index is 0.160. The quantitative estimate of drug-likeness (QED) is 0.849. The Balaban J connectivity index is 1.24. The molecule has 2 aliphatic carbocycles. The van der Waals surface area contributed by atoms with E-state index in [1.54, 1.807) is 0 Å². The minimum absolute atomic E-state index is 0.160. The summed E-state index contributed by atoms with van der Waals surface area (Å²) in [6.07, 6.45) is 11.3. The first kappa shape index (κ1) is 16.3. The summed E-state index contributed by atoms with van der Waals surface area (Å²) in [6, 6.07) is 6.00. The number of amides is 1. The van der Waals surface area contributed by atoms with Crippen molar-refractivity contribution >= 4 is 5.91 Å². The van der Waals surface area contributed by atoms with Crippen molar-refractivity contribution in [1.82, 2.24) is 5.32 Å². The number of allylic oxidation sites excluding steroid dienone is 2. The van der Waals surface area contributed by atoms with E-state index in [-0.39, 0.29) is 30.8 Å². The van der Waals surface area contributed by atoms with E-state index in [9.17, 15) is 4.79 Å². The zero-order valence-corrected chi connectivity index (χ0v) is 14.4. The molecule has 4 rings (SSSR count). The van der Waals surface area contributed by atoms with Gasteiger partial charge >= 0.3 is 0 Å². The van der Waals surface area contributed by atoms with Gasteiger partial charge in [-0.1, -0.05) is 12.2 Å². The molecule has 25 heavy (non-hydrogen) atoms. The van der Waals surface area contributed by atoms with Crippen molar-refractivity contribution in [3.05, 3.63) is 30.4 Å². The number of fused-ring (bicyclic) bond motifs is 1. The highest BCUT2D eigenvalue weighted by atomic mass is 16.7. The monoisotopic (exact) mass is 343 g/mol. The Morgan fingerprint density at radius 2 is 1.88 bits per heavy atom. The summed E-state index contributed by atoms with van der Waals surface area (Å²) in [6.45, 7) is 0.278. The van der Waals surface area contributed by atoms with Crippen LogP contribution in [0.5, 0.6) is 17.2 Å². The fourth-order valence-corrected chi connectivity index (χ4v) is 3.82. The average molecular weight is 343 g/mol. The number of carbonyl (C=O) groups excluding carboxylic acids is 1. The van der Waals surface area contributed by atoms with Crippen molar-refractivity contribution in [2.75, 3.05) is 6.79 Å². The standard InChI is InChI=1S/C20H25NO4/c22-20(14-4-2-1-3-5-14)21-15-6-8-16(9-7-15)25-17-10-11-18-19(12-17)24-13-23-18/h1-2,10-12,14-16H,3-9,13H2,(H,21,22). The first-order chi connectivity index (χ1) is 12.3. The van der Waals surface area contributed by atoms with Gasteiger partial charge in [0.05, 0.1) is 6.10 Å². The van der Waals surface area contributed by atoms with Crippen molar-refractivity contribution in [2.24, 2.45) is 5.92 Å². The SMILES string of the molecule is O=C(NC1CCC(Oc2ccc3c(c2)OCO3)CC1)C1CC=CCC1. The maximum atomic E-state index is 12.3. The van der Waals surface area contributed by atoms with Gasteiger partial charge in [0, 0.05) is 18.0 Å². The predicted molar refractivity (Wildman–Crippen MR) is 93.9 cm³/mol. The Morgan fingerprint density at radius 3 is 2.68 bits per heavy atom. The van der Waals surface area contributed by atoms with Crippen molar-refractivity contribution in [2.45, 2.75) is 57.1 Å². The second kappa shape index (κ2) is 7.38. The minimum Gasteiger partial charge on any atom is -0.490 e. The molecule has 0 spiro atoms. The van der Waals surface area contributed by atoms with Crippen LogP contribution in [-0.2, 0) is 4.79 Å². The highest BCUT2D eigenvalue weighted by Gasteiger charge is 2.27. The van der Waals surface area contributed by atoms with Crippen molar-refractivity contribution in [3.63, 3.8) is 0 Å². The molecular formula is C20H25NO4. The van der Waals surface area contributed by atoms with Gasteiger partial charge in [-0.2, -0.15) is 0 Å². The number of benzene rings is 1. The third-order valence-corrected chi connectivity index (χ3v) is 5.31. The fourth-order valence-electron chi connectivity index (χ4n) is 3.82. The molecule has 3 aliphatic rings. The van der Waals surface area contributed by atoms with Gasteiger partial charge < -0.3 is 19.5 Å². The molecule has 1 amide bonds. The summed E-state index contributed by atoms with van der Waals surface area (Å²) in [5.41, 5.74) is 0. The summed E-state index contributed by atoms with van der Waals surface area (Å²) in [5.74, 6) is 2.74. The second-order valence-corrected chi connectivity index (χ2v) is 7.10. The van der Waals surface area contributed by atoms with Gasteiger partial charge in [0.25, 0.3) is 0 Å². The van der Waals surface area contributed by atoms with E-state index in [0.717, 1.165) is 62.2 Å². The number of nitrogens with one attached hydrogen (secondary N) is 1. The van der Waals surface area contributed by atoms with Gasteiger partial charge in [0.1, 0.15) is 5.75 Å². The number of hydrogen-bond donors (Lipinski definition) is 1. The largest absolute Gasteiger partial charge is 0.490 e. The van der Waals surface area contributed by atoms with Crippen molar-refractivity contribution in [1.29, 1.82) is 0 Å². The van der Waals surface area contributed by atoms with E-state index in [4.69, 9.17) is 14.2 Å². The van der Waals surface area contributed by atoms with Crippen LogP contribution in [0, 0.1) is 5.92 Å². The lowest BCUT2D eigenvalue weighted by Crippen LogP contribution is -2.42. The molecule has 1 saturated carbocycles. The molecule has 1 aliphatic heterocycles. The van der Waals surface area contributed by atoms with Gasteiger partial charge in [-0.05, 0) is 57.1 Å². The highest BCUT2D eigenvalue weighted by Crippen LogP contribution is 2.36. The fraction of sp³-hybridized carbons (Fsp3) is 0.550. The van der Waals surface area contributed by atoms with E-state index in [1.165, 1.54) is 0 Å². The van der Waals surface area contributed by atoms with E-state index in [2.05, 4.69) is 17.5 Å². The molecule has 1 aromatic rings. The Labute approximate surface area is 148 Å². The topological polar surface area (TPSA) is 56.8 Å². The third kappa shape index (κ3) is 3.91. The second-order valence-electron chi connectivity index (χ2n) is 7.10. The zero-order chi connectivity index (χ0) is 17.1. The molecule has 0 radical (unpaired) electrons. The Morgan fingerprint density at radius 1 is 1.04 bits per heavy atom. The van der Waals surface area contributed by atoms with Crippen LogP contribution in [0.2, 0.25) is 0 Å². The van der Waals surface area contributed by atoms with Gasteiger partial charge in [0.15, 0.2) is 11.5 Å². The average Bonchev–Trinajstić information content (AvgIpc) is 3.12. The molecule has 1 N–H and O–H groups in total. The molecule has 1 atom stereocenters. The lowest BCUT2D eigenvalue weighted by Gasteiger charge is -2.30. The summed E-state index contributed by atoms with van der Waals surface area (Å²) in [5, 5.41) is 3.24. The number of ether oxygens (including phenoxy) is 3. The Hall–Kier alpha value is -2.17. The first-order valence-corrected chi connectivity index (χ1v) is 9.29. The maximum Gasteiger partial charge on any atom is 0.231 e. The van der Waals surface area contributed by atoms with Crippen LogP contribution in [-0.4, -0.2) is 24.8 Å². The van der Waals surface area contributed by atoms with E-state index in [1.807, 2.05) is 18.2 Å².